The van der Waals surface area contributed by atoms with Crippen molar-refractivity contribution < 1.29 is 4.92 Å². The van der Waals surface area contributed by atoms with E-state index in [0.717, 1.165) is 22.4 Å². The van der Waals surface area contributed by atoms with E-state index in [1.165, 1.54) is 6.33 Å². The molecule has 0 aliphatic rings. The highest BCUT2D eigenvalue weighted by molar-refractivity contribution is 5.74. The Kier molecular flexibility index (Phi) is 6.36. The van der Waals surface area contributed by atoms with Gasteiger partial charge >= 0.3 is 5.69 Å². The Morgan fingerprint density at radius 3 is 1.94 bits per heavy atom. The highest BCUT2D eigenvalue weighted by atomic mass is 16.6. The van der Waals surface area contributed by atoms with Gasteiger partial charge in [0.05, 0.1) is 4.92 Å². The van der Waals surface area contributed by atoms with E-state index in [4.69, 9.17) is 0 Å². The number of aryl methyl sites for hydroxylation is 1. The zero-order valence-electron chi connectivity index (χ0n) is 17.7. The predicted octanol–water partition coefficient (Wildman–Crippen LogP) is 5.64. The Hall–Kier alpha value is -4.26. The summed E-state index contributed by atoms with van der Waals surface area (Å²) in [7, 11) is 0. The van der Waals surface area contributed by atoms with Crippen LogP contribution in [0.15, 0.2) is 91.3 Å². The minimum absolute atomic E-state index is 0.153. The highest BCUT2D eigenvalue weighted by Crippen LogP contribution is 2.35. The number of hydrogen-bond donors (Lipinski definition) is 1. The molecule has 0 radical (unpaired) electrons. The summed E-state index contributed by atoms with van der Waals surface area (Å²) in [4.78, 5) is 22.2. The van der Waals surface area contributed by atoms with Crippen molar-refractivity contribution in [2.45, 2.75) is 20.0 Å². The first kappa shape index (κ1) is 21.0. The first-order valence-electron chi connectivity index (χ1n) is 10.3. The summed E-state index contributed by atoms with van der Waals surface area (Å²) in [6, 6.07) is 27.3. The number of rotatable bonds is 8. The maximum absolute atomic E-state index is 12.2. The van der Waals surface area contributed by atoms with E-state index >= 15 is 0 Å². The average molecular weight is 425 g/mol. The van der Waals surface area contributed by atoms with Crippen molar-refractivity contribution in [1.29, 1.82) is 0 Å². The maximum Gasteiger partial charge on any atom is 0.353 e. The number of nitrogens with zero attached hydrogens (tertiary/aromatic N) is 4. The number of aromatic nitrogens is 2. The largest absolute Gasteiger partial charge is 0.353 e. The minimum atomic E-state index is -0.422. The molecular formula is C25H23N5O2. The molecule has 1 heterocycles. The molecule has 4 rings (SSSR count). The number of nitrogens with one attached hydrogen (secondary N) is 1. The van der Waals surface area contributed by atoms with Gasteiger partial charge < -0.3 is 10.2 Å². The molecule has 0 aliphatic carbocycles. The van der Waals surface area contributed by atoms with E-state index in [2.05, 4.69) is 15.3 Å². The SMILES string of the molecule is Cc1ccc(Nc2ncnc(N(Cc3ccccc3)Cc3ccccc3)c2[N+](=O)[O-])cc1. The van der Waals surface area contributed by atoms with Crippen molar-refractivity contribution in [3.8, 4) is 0 Å². The lowest BCUT2D eigenvalue weighted by Gasteiger charge is -2.24. The van der Waals surface area contributed by atoms with Crippen LogP contribution >= 0.6 is 0 Å². The van der Waals surface area contributed by atoms with E-state index in [0.29, 0.717) is 13.1 Å². The molecule has 0 fully saturated rings. The Labute approximate surface area is 186 Å². The molecule has 0 atom stereocenters. The first-order valence-corrected chi connectivity index (χ1v) is 10.3. The fraction of sp³-hybridized carbons (Fsp3) is 0.120. The molecule has 0 saturated carbocycles. The van der Waals surface area contributed by atoms with E-state index in [-0.39, 0.29) is 17.3 Å². The molecule has 0 spiro atoms. The van der Waals surface area contributed by atoms with Gasteiger partial charge in [-0.05, 0) is 30.2 Å². The summed E-state index contributed by atoms with van der Waals surface area (Å²) >= 11 is 0. The van der Waals surface area contributed by atoms with Gasteiger partial charge in [-0.2, -0.15) is 0 Å². The van der Waals surface area contributed by atoms with E-state index in [1.54, 1.807) is 0 Å². The first-order chi connectivity index (χ1) is 15.6. The molecule has 32 heavy (non-hydrogen) atoms. The lowest BCUT2D eigenvalue weighted by atomic mass is 10.1. The number of anilines is 3. The second kappa shape index (κ2) is 9.70. The Morgan fingerprint density at radius 2 is 1.41 bits per heavy atom. The molecule has 0 unspecified atom stereocenters. The van der Waals surface area contributed by atoms with Gasteiger partial charge in [0, 0.05) is 18.8 Å². The average Bonchev–Trinajstić information content (AvgIpc) is 2.81. The van der Waals surface area contributed by atoms with E-state index in [9.17, 15) is 10.1 Å². The van der Waals surface area contributed by atoms with Gasteiger partial charge in [-0.1, -0.05) is 78.4 Å². The van der Waals surface area contributed by atoms with Crippen LogP contribution in [0, 0.1) is 17.0 Å². The van der Waals surface area contributed by atoms with Crippen LogP contribution < -0.4 is 10.2 Å². The number of nitro groups is 1. The normalized spacial score (nSPS) is 10.5. The van der Waals surface area contributed by atoms with Crippen molar-refractivity contribution in [3.05, 3.63) is 118 Å². The van der Waals surface area contributed by atoms with Crippen molar-refractivity contribution in [2.24, 2.45) is 0 Å². The Morgan fingerprint density at radius 1 is 0.844 bits per heavy atom. The molecule has 3 aromatic carbocycles. The van der Waals surface area contributed by atoms with Crippen molar-refractivity contribution in [3.63, 3.8) is 0 Å². The molecular weight excluding hydrogens is 402 g/mol. The summed E-state index contributed by atoms with van der Waals surface area (Å²) in [5.74, 6) is 0.433. The van der Waals surface area contributed by atoms with Crippen molar-refractivity contribution in [2.75, 3.05) is 10.2 Å². The fourth-order valence-corrected chi connectivity index (χ4v) is 3.45. The quantitative estimate of drug-likeness (QED) is 0.290. The van der Waals surface area contributed by atoms with Gasteiger partial charge in [0.25, 0.3) is 0 Å². The second-order valence-electron chi connectivity index (χ2n) is 7.47. The number of benzene rings is 3. The Balaban J connectivity index is 1.75. The van der Waals surface area contributed by atoms with Gasteiger partial charge in [-0.15, -0.1) is 0 Å². The van der Waals surface area contributed by atoms with Gasteiger partial charge in [-0.25, -0.2) is 9.97 Å². The zero-order valence-corrected chi connectivity index (χ0v) is 17.7. The summed E-state index contributed by atoms with van der Waals surface area (Å²) in [5.41, 5.74) is 3.74. The summed E-state index contributed by atoms with van der Waals surface area (Å²) in [5, 5.41) is 15.2. The molecule has 4 aromatic rings. The van der Waals surface area contributed by atoms with Crippen LogP contribution in [0.2, 0.25) is 0 Å². The summed E-state index contributed by atoms with van der Waals surface area (Å²) < 4.78 is 0. The van der Waals surface area contributed by atoms with Crippen LogP contribution in [0.4, 0.5) is 23.0 Å². The zero-order chi connectivity index (χ0) is 22.3. The molecule has 7 nitrogen and oxygen atoms in total. The van der Waals surface area contributed by atoms with Crippen LogP contribution in [-0.4, -0.2) is 14.9 Å². The molecule has 7 heteroatoms. The number of hydrogen-bond acceptors (Lipinski definition) is 6. The monoisotopic (exact) mass is 425 g/mol. The third kappa shape index (κ3) is 5.07. The second-order valence-corrected chi connectivity index (χ2v) is 7.47. The summed E-state index contributed by atoms with van der Waals surface area (Å²) in [6.07, 6.45) is 1.36. The van der Waals surface area contributed by atoms with Crippen LogP contribution in [-0.2, 0) is 13.1 Å². The smallest absolute Gasteiger partial charge is 0.342 e. The lowest BCUT2D eigenvalue weighted by molar-refractivity contribution is -0.383. The van der Waals surface area contributed by atoms with Crippen molar-refractivity contribution in [1.82, 2.24) is 9.97 Å². The van der Waals surface area contributed by atoms with E-state index < -0.39 is 4.92 Å². The van der Waals surface area contributed by atoms with Gasteiger partial charge in [0.2, 0.25) is 11.6 Å². The molecule has 0 bridgehead atoms. The van der Waals surface area contributed by atoms with Crippen molar-refractivity contribution >= 4 is 23.0 Å². The molecule has 1 aromatic heterocycles. The molecule has 0 amide bonds. The van der Waals surface area contributed by atoms with Gasteiger partial charge in [0.1, 0.15) is 6.33 Å². The van der Waals surface area contributed by atoms with Crippen LogP contribution in [0.5, 0.6) is 0 Å². The van der Waals surface area contributed by atoms with Crippen LogP contribution in [0.1, 0.15) is 16.7 Å². The predicted molar refractivity (Wildman–Crippen MR) is 126 cm³/mol. The Bertz CT molecular complexity index is 1140. The minimum Gasteiger partial charge on any atom is -0.342 e. The lowest BCUT2D eigenvalue weighted by Crippen LogP contribution is -2.24. The third-order valence-electron chi connectivity index (χ3n) is 5.03. The molecule has 0 saturated heterocycles. The third-order valence-corrected chi connectivity index (χ3v) is 5.03. The molecule has 1 N–H and O–H groups in total. The standard InChI is InChI=1S/C25H23N5O2/c1-19-12-14-22(15-13-19)28-24-23(30(31)32)25(27-18-26-24)29(16-20-8-4-2-5-9-20)17-21-10-6-3-7-11-21/h2-15,18H,16-17H2,1H3,(H,26,27,28). The summed E-state index contributed by atoms with van der Waals surface area (Å²) in [6.45, 7) is 2.93. The molecule has 0 aliphatic heterocycles. The van der Waals surface area contributed by atoms with Crippen LogP contribution in [0.3, 0.4) is 0 Å². The maximum atomic E-state index is 12.2. The van der Waals surface area contributed by atoms with Crippen LogP contribution in [0.25, 0.3) is 0 Å². The topological polar surface area (TPSA) is 84.2 Å². The van der Waals surface area contributed by atoms with Gasteiger partial charge in [0.15, 0.2) is 0 Å². The highest BCUT2D eigenvalue weighted by Gasteiger charge is 2.27. The fourth-order valence-electron chi connectivity index (χ4n) is 3.45. The van der Waals surface area contributed by atoms with E-state index in [1.807, 2.05) is 96.8 Å². The van der Waals surface area contributed by atoms with Gasteiger partial charge in [-0.3, -0.25) is 10.1 Å². The molecule has 160 valence electrons.